The first-order valence-corrected chi connectivity index (χ1v) is 14.6. The largest absolute Gasteiger partial charge is 0.446 e. The monoisotopic (exact) mass is 623 g/mol. The quantitative estimate of drug-likeness (QED) is 0.231. The summed E-state index contributed by atoms with van der Waals surface area (Å²) >= 11 is 1.65. The van der Waals surface area contributed by atoms with Gasteiger partial charge < -0.3 is 20.3 Å². The highest BCUT2D eigenvalue weighted by atomic mass is 32.2. The molecule has 6 nitrogen and oxygen atoms in total. The summed E-state index contributed by atoms with van der Waals surface area (Å²) in [5.74, 6) is 0.400. The van der Waals surface area contributed by atoms with Crippen molar-refractivity contribution in [1.29, 1.82) is 0 Å². The Morgan fingerprint density at radius 3 is 2.26 bits per heavy atom. The Labute approximate surface area is 243 Å². The zero-order chi connectivity index (χ0) is 31.1. The van der Waals surface area contributed by atoms with Crippen molar-refractivity contribution in [1.82, 2.24) is 15.5 Å². The van der Waals surface area contributed by atoms with Crippen molar-refractivity contribution in [2.45, 2.75) is 57.1 Å². The molecule has 1 aliphatic heterocycles. The Kier molecular flexibility index (Phi) is 11.4. The van der Waals surface area contributed by atoms with Crippen molar-refractivity contribution >= 4 is 23.9 Å². The molecule has 2 atom stereocenters. The van der Waals surface area contributed by atoms with E-state index in [1.54, 1.807) is 18.7 Å². The molecule has 0 spiro atoms. The second kappa shape index (κ2) is 14.3. The van der Waals surface area contributed by atoms with E-state index in [0.717, 1.165) is 12.2 Å². The third-order valence-corrected chi connectivity index (χ3v) is 7.51. The molecule has 2 N–H and O–H groups in total. The van der Waals surface area contributed by atoms with E-state index in [1.165, 1.54) is 23.1 Å². The number of alkyl halides is 6. The lowest BCUT2D eigenvalue weighted by molar-refractivity contribution is -0.143. The zero-order valence-corrected chi connectivity index (χ0v) is 23.8. The maximum absolute atomic E-state index is 13.8. The smallest absolute Gasteiger partial charge is 0.416 e. The van der Waals surface area contributed by atoms with Gasteiger partial charge in [0.25, 0.3) is 0 Å². The Morgan fingerprint density at radius 1 is 1.00 bits per heavy atom. The molecule has 3 amide bonds. The molecule has 0 aromatic heterocycles. The summed E-state index contributed by atoms with van der Waals surface area (Å²) in [5, 5.41) is 5.26. The summed E-state index contributed by atoms with van der Waals surface area (Å²) in [6, 6.07) is 4.15. The van der Waals surface area contributed by atoms with Crippen LogP contribution in [0, 0.1) is 12.7 Å². The molecule has 42 heavy (non-hydrogen) atoms. The second-order valence-corrected chi connectivity index (χ2v) is 10.9. The van der Waals surface area contributed by atoms with E-state index in [-0.39, 0.29) is 37.6 Å². The topological polar surface area (TPSA) is 70.7 Å². The van der Waals surface area contributed by atoms with Crippen LogP contribution in [0.15, 0.2) is 36.4 Å². The molecule has 14 heteroatoms. The number of amides is 3. The summed E-state index contributed by atoms with van der Waals surface area (Å²) in [6.45, 7) is 2.02. The average molecular weight is 624 g/mol. The molecule has 2 aromatic rings. The van der Waals surface area contributed by atoms with Gasteiger partial charge in [-0.15, -0.1) is 0 Å². The summed E-state index contributed by atoms with van der Waals surface area (Å²) < 4.78 is 98.5. The number of thioether (sulfide) groups is 1. The van der Waals surface area contributed by atoms with Crippen LogP contribution in [-0.2, 0) is 23.5 Å². The van der Waals surface area contributed by atoms with Crippen LogP contribution in [0.1, 0.15) is 53.1 Å². The molecule has 0 radical (unpaired) electrons. The molecule has 0 unspecified atom stereocenters. The minimum absolute atomic E-state index is 0.0501. The van der Waals surface area contributed by atoms with Crippen LogP contribution in [0.3, 0.4) is 0 Å². The fourth-order valence-corrected chi connectivity index (χ4v) is 5.20. The molecule has 2 aromatic carbocycles. The lowest BCUT2D eigenvalue weighted by Crippen LogP contribution is -2.49. The molecule has 0 aliphatic carbocycles. The van der Waals surface area contributed by atoms with Gasteiger partial charge in [-0.3, -0.25) is 0 Å². The number of nitrogens with one attached hydrogen (secondary N) is 2. The third-order valence-electron chi connectivity index (χ3n) is 6.81. The first-order chi connectivity index (χ1) is 19.7. The fourth-order valence-electron chi connectivity index (χ4n) is 4.77. The zero-order valence-electron chi connectivity index (χ0n) is 23.0. The highest BCUT2D eigenvalue weighted by Crippen LogP contribution is 2.37. The number of ether oxygens (including phenoxy) is 1. The highest BCUT2D eigenvalue weighted by Gasteiger charge is 2.37. The van der Waals surface area contributed by atoms with Gasteiger partial charge in [-0.1, -0.05) is 6.07 Å². The van der Waals surface area contributed by atoms with Gasteiger partial charge in [0.1, 0.15) is 11.9 Å². The molecular weight excluding hydrogens is 591 g/mol. The predicted octanol–water partition coefficient (Wildman–Crippen LogP) is 7.11. The van der Waals surface area contributed by atoms with E-state index in [9.17, 15) is 40.3 Å². The van der Waals surface area contributed by atoms with Crippen LogP contribution in [0.4, 0.5) is 40.3 Å². The van der Waals surface area contributed by atoms with E-state index in [4.69, 9.17) is 4.74 Å². The van der Waals surface area contributed by atoms with Crippen LogP contribution in [0.25, 0.3) is 0 Å². The average Bonchev–Trinajstić information content (AvgIpc) is 2.90. The minimum Gasteiger partial charge on any atom is -0.446 e. The van der Waals surface area contributed by atoms with Crippen LogP contribution in [-0.4, -0.2) is 54.8 Å². The van der Waals surface area contributed by atoms with Crippen molar-refractivity contribution in [3.05, 3.63) is 70.0 Å². The number of rotatable bonds is 9. The van der Waals surface area contributed by atoms with E-state index >= 15 is 0 Å². The minimum atomic E-state index is -4.97. The molecule has 3 rings (SSSR count). The number of aryl methyl sites for hydroxylation is 1. The predicted molar refractivity (Wildman–Crippen MR) is 145 cm³/mol. The van der Waals surface area contributed by atoms with Crippen LogP contribution < -0.4 is 10.6 Å². The Bertz CT molecular complexity index is 1210. The first kappa shape index (κ1) is 33.3. The Morgan fingerprint density at radius 2 is 1.67 bits per heavy atom. The molecule has 1 heterocycles. The molecule has 1 aliphatic rings. The van der Waals surface area contributed by atoms with Gasteiger partial charge in [-0.2, -0.15) is 38.1 Å². The van der Waals surface area contributed by atoms with Gasteiger partial charge in [0.15, 0.2) is 0 Å². The molecule has 1 saturated heterocycles. The number of hydrogen-bond acceptors (Lipinski definition) is 4. The number of carbonyl (C=O) groups is 2. The van der Waals surface area contributed by atoms with Gasteiger partial charge >= 0.3 is 24.5 Å². The van der Waals surface area contributed by atoms with Crippen LogP contribution in [0.2, 0.25) is 0 Å². The number of hydrogen-bond donors (Lipinski definition) is 2. The normalized spacial score (nSPS) is 17.6. The van der Waals surface area contributed by atoms with Crippen molar-refractivity contribution in [2.75, 3.05) is 31.6 Å². The van der Waals surface area contributed by atoms with Crippen molar-refractivity contribution < 1.29 is 45.1 Å². The summed E-state index contributed by atoms with van der Waals surface area (Å²) in [6.07, 6.45) is -8.14. The molecule has 0 bridgehead atoms. The second-order valence-electron chi connectivity index (χ2n) is 9.93. The standard InChI is InChI=1S/C28H32F7N3O3S/c1-17-12-21(29)4-5-23(17)24-16-22(41-26(40)37-8-3-11-42-2)7-10-38(24)25(39)36-9-6-18-13-19(27(30,31)32)15-20(14-18)28(33,34)35/h4-5,12-15,22,24H,3,6-11,16H2,1-2H3,(H,36,39)(H,37,40)/t22-,24+/m0/s1. The first-order valence-electron chi connectivity index (χ1n) is 13.2. The van der Waals surface area contributed by atoms with Crippen LogP contribution in [0.5, 0.6) is 0 Å². The van der Waals surface area contributed by atoms with Gasteiger partial charge in [0, 0.05) is 32.5 Å². The summed E-state index contributed by atoms with van der Waals surface area (Å²) in [5.41, 5.74) is -1.92. The number of piperidine rings is 1. The van der Waals surface area contributed by atoms with Crippen molar-refractivity contribution in [3.63, 3.8) is 0 Å². The number of nitrogens with zero attached hydrogens (tertiary/aromatic N) is 1. The Hall–Kier alpha value is -3.16. The maximum atomic E-state index is 13.8. The van der Waals surface area contributed by atoms with E-state index in [0.29, 0.717) is 36.2 Å². The molecule has 232 valence electrons. The lowest BCUT2D eigenvalue weighted by atomic mass is 9.91. The Balaban J connectivity index is 1.71. The van der Waals surface area contributed by atoms with E-state index < -0.39 is 53.6 Å². The molecule has 1 fully saturated rings. The van der Waals surface area contributed by atoms with E-state index in [2.05, 4.69) is 10.6 Å². The van der Waals surface area contributed by atoms with Gasteiger partial charge in [0.2, 0.25) is 0 Å². The van der Waals surface area contributed by atoms with Gasteiger partial charge in [0.05, 0.1) is 17.2 Å². The van der Waals surface area contributed by atoms with Gasteiger partial charge in [-0.05, 0) is 78.8 Å². The van der Waals surface area contributed by atoms with E-state index in [1.807, 2.05) is 6.26 Å². The number of likely N-dealkylation sites (tertiary alicyclic amines) is 1. The highest BCUT2D eigenvalue weighted by molar-refractivity contribution is 7.98. The SMILES string of the molecule is CSCCCNC(=O)O[C@H]1CCN(C(=O)NCCc2cc(C(F)(F)F)cc(C(F)(F)F)c2)[C@@H](c2ccc(F)cc2C)C1. The van der Waals surface area contributed by atoms with Crippen molar-refractivity contribution in [3.8, 4) is 0 Å². The van der Waals surface area contributed by atoms with Crippen LogP contribution >= 0.6 is 11.8 Å². The summed E-state index contributed by atoms with van der Waals surface area (Å²) in [7, 11) is 0. The number of carbonyl (C=O) groups excluding carboxylic acids is 2. The molecule has 0 saturated carbocycles. The maximum Gasteiger partial charge on any atom is 0.416 e. The lowest BCUT2D eigenvalue weighted by Gasteiger charge is -2.40. The fraction of sp³-hybridized carbons (Fsp3) is 0.500. The number of halogens is 7. The number of alkyl carbamates (subject to hydrolysis) is 1. The van der Waals surface area contributed by atoms with Crippen molar-refractivity contribution in [2.24, 2.45) is 0 Å². The summed E-state index contributed by atoms with van der Waals surface area (Å²) in [4.78, 5) is 26.9. The third kappa shape index (κ3) is 9.43. The number of benzene rings is 2. The number of urea groups is 1. The van der Waals surface area contributed by atoms with Gasteiger partial charge in [-0.25, -0.2) is 14.0 Å². The molecular formula is C28H32F7N3O3S.